The van der Waals surface area contributed by atoms with Gasteiger partial charge in [-0.05, 0) is 37.3 Å². The van der Waals surface area contributed by atoms with E-state index in [-0.39, 0.29) is 17.2 Å². The van der Waals surface area contributed by atoms with Crippen molar-refractivity contribution in [3.05, 3.63) is 71.5 Å². The summed E-state index contributed by atoms with van der Waals surface area (Å²) in [5.74, 6) is -0.148. The largest absolute Gasteiger partial charge is 0.495 e. The quantitative estimate of drug-likeness (QED) is 0.618. The van der Waals surface area contributed by atoms with E-state index in [0.717, 1.165) is 0 Å². The van der Waals surface area contributed by atoms with E-state index >= 15 is 0 Å². The van der Waals surface area contributed by atoms with Gasteiger partial charge in [-0.25, -0.2) is 14.8 Å². The summed E-state index contributed by atoms with van der Waals surface area (Å²) in [6.45, 7) is 1.76. The van der Waals surface area contributed by atoms with Crippen molar-refractivity contribution in [3.8, 4) is 5.75 Å². The zero-order valence-electron chi connectivity index (χ0n) is 16.2. The van der Waals surface area contributed by atoms with Gasteiger partial charge in [-0.2, -0.15) is 0 Å². The van der Waals surface area contributed by atoms with Crippen molar-refractivity contribution in [2.75, 3.05) is 24.9 Å². The van der Waals surface area contributed by atoms with Crippen LogP contribution in [0.15, 0.2) is 54.6 Å². The molecule has 0 spiro atoms. The summed E-state index contributed by atoms with van der Waals surface area (Å²) in [4.78, 5) is 33.3. The number of para-hydroxylation sites is 3. The molecule has 3 rings (SSSR count). The molecule has 29 heavy (non-hydrogen) atoms. The summed E-state index contributed by atoms with van der Waals surface area (Å²) in [5, 5.41) is 5.76. The molecule has 2 N–H and O–H groups in total. The minimum Gasteiger partial charge on any atom is -0.495 e. The monoisotopic (exact) mass is 392 g/mol. The molecule has 0 bridgehead atoms. The molecule has 0 saturated carbocycles. The molecule has 0 aliphatic rings. The number of nitrogens with zero attached hydrogens (tertiary/aromatic N) is 2. The first kappa shape index (κ1) is 19.8. The molecule has 1 amide bonds. The average Bonchev–Trinajstić information content (AvgIpc) is 2.73. The summed E-state index contributed by atoms with van der Waals surface area (Å²) in [6, 6.07) is 15.5. The highest BCUT2D eigenvalue weighted by atomic mass is 16.5. The second kappa shape index (κ2) is 8.83. The number of anilines is 3. The van der Waals surface area contributed by atoms with E-state index in [1.54, 1.807) is 50.4 Å². The van der Waals surface area contributed by atoms with E-state index in [1.165, 1.54) is 7.11 Å². The number of aryl methyl sites for hydroxylation is 1. The lowest BCUT2D eigenvalue weighted by molar-refractivity contribution is 0.0602. The highest BCUT2D eigenvalue weighted by molar-refractivity contribution is 6.07. The standard InChI is InChI=1S/C21H20N4O4/c1-13-12-17(19(26)23-15-9-5-4-8-14(15)20(27)29-3)25-21(22-13)24-16-10-6-7-11-18(16)28-2/h4-12H,1-3H3,(H,23,26)(H,22,24,25). The fourth-order valence-corrected chi connectivity index (χ4v) is 2.68. The van der Waals surface area contributed by atoms with Crippen LogP contribution in [0, 0.1) is 6.92 Å². The number of amides is 1. The van der Waals surface area contributed by atoms with Gasteiger partial charge in [-0.3, -0.25) is 4.79 Å². The topological polar surface area (TPSA) is 102 Å². The molecule has 3 aromatic rings. The summed E-state index contributed by atoms with van der Waals surface area (Å²) in [6.07, 6.45) is 0. The first-order chi connectivity index (χ1) is 14.0. The molecule has 0 aliphatic heterocycles. The number of carbonyl (C=O) groups excluding carboxylic acids is 2. The molecule has 1 aromatic heterocycles. The first-order valence-corrected chi connectivity index (χ1v) is 8.76. The molecule has 148 valence electrons. The molecule has 8 heteroatoms. The lowest BCUT2D eigenvalue weighted by atomic mass is 10.1. The Morgan fingerprint density at radius 1 is 0.931 bits per heavy atom. The maximum Gasteiger partial charge on any atom is 0.339 e. The van der Waals surface area contributed by atoms with Crippen molar-refractivity contribution in [1.29, 1.82) is 0 Å². The van der Waals surface area contributed by atoms with Crippen LogP contribution in [0.5, 0.6) is 5.75 Å². The fourth-order valence-electron chi connectivity index (χ4n) is 2.68. The number of esters is 1. The van der Waals surface area contributed by atoms with Gasteiger partial charge in [0.05, 0.1) is 31.2 Å². The van der Waals surface area contributed by atoms with E-state index in [4.69, 9.17) is 9.47 Å². The van der Waals surface area contributed by atoms with Crippen molar-refractivity contribution in [2.24, 2.45) is 0 Å². The molecule has 1 heterocycles. The number of hydrogen-bond acceptors (Lipinski definition) is 7. The second-order valence-electron chi connectivity index (χ2n) is 6.03. The van der Waals surface area contributed by atoms with Crippen LogP contribution < -0.4 is 15.4 Å². The maximum absolute atomic E-state index is 12.8. The molecule has 8 nitrogen and oxygen atoms in total. The van der Waals surface area contributed by atoms with Gasteiger partial charge >= 0.3 is 5.97 Å². The van der Waals surface area contributed by atoms with E-state index in [9.17, 15) is 9.59 Å². The van der Waals surface area contributed by atoms with Crippen molar-refractivity contribution >= 4 is 29.2 Å². The van der Waals surface area contributed by atoms with E-state index < -0.39 is 11.9 Å². The Bertz CT molecular complexity index is 1050. The Labute approximate surface area is 167 Å². The van der Waals surface area contributed by atoms with Crippen LogP contribution in [-0.2, 0) is 4.74 Å². The van der Waals surface area contributed by atoms with Gasteiger partial charge in [-0.1, -0.05) is 24.3 Å². The highest BCUT2D eigenvalue weighted by Gasteiger charge is 2.16. The third-order valence-corrected chi connectivity index (χ3v) is 4.02. The molecule has 0 saturated heterocycles. The molecular weight excluding hydrogens is 372 g/mol. The SMILES string of the molecule is COC(=O)c1ccccc1NC(=O)c1cc(C)nc(Nc2ccccc2OC)n1. The minimum absolute atomic E-state index is 0.148. The van der Waals surface area contributed by atoms with Gasteiger partial charge < -0.3 is 20.1 Å². The Kier molecular flexibility index (Phi) is 6.03. The average molecular weight is 392 g/mol. The summed E-state index contributed by atoms with van der Waals surface area (Å²) >= 11 is 0. The highest BCUT2D eigenvalue weighted by Crippen LogP contribution is 2.26. The number of benzene rings is 2. The van der Waals surface area contributed by atoms with E-state index in [2.05, 4.69) is 20.6 Å². The van der Waals surface area contributed by atoms with Crippen molar-refractivity contribution in [3.63, 3.8) is 0 Å². The number of hydrogen-bond donors (Lipinski definition) is 2. The number of nitrogens with one attached hydrogen (secondary N) is 2. The van der Waals surface area contributed by atoms with Crippen molar-refractivity contribution in [2.45, 2.75) is 6.92 Å². The summed E-state index contributed by atoms with van der Waals surface area (Å²) in [7, 11) is 2.85. The molecule has 0 unspecified atom stereocenters. The first-order valence-electron chi connectivity index (χ1n) is 8.76. The van der Waals surface area contributed by atoms with Crippen LogP contribution in [0.1, 0.15) is 26.5 Å². The van der Waals surface area contributed by atoms with Crippen molar-refractivity contribution in [1.82, 2.24) is 9.97 Å². The Morgan fingerprint density at radius 3 is 2.34 bits per heavy atom. The number of ether oxygens (including phenoxy) is 2. The summed E-state index contributed by atoms with van der Waals surface area (Å²) < 4.78 is 10.1. The third-order valence-electron chi connectivity index (χ3n) is 4.02. The molecule has 0 aliphatic carbocycles. The predicted octanol–water partition coefficient (Wildman–Crippen LogP) is 3.58. The van der Waals surface area contributed by atoms with Crippen LogP contribution in [0.4, 0.5) is 17.3 Å². The maximum atomic E-state index is 12.8. The second-order valence-corrected chi connectivity index (χ2v) is 6.03. The van der Waals surface area contributed by atoms with Crippen LogP contribution in [-0.4, -0.2) is 36.1 Å². The molecule has 0 radical (unpaired) electrons. The van der Waals surface area contributed by atoms with Gasteiger partial charge in [0.1, 0.15) is 11.4 Å². The Hall–Kier alpha value is -3.94. The van der Waals surface area contributed by atoms with Gasteiger partial charge in [0.25, 0.3) is 5.91 Å². The van der Waals surface area contributed by atoms with Crippen molar-refractivity contribution < 1.29 is 19.1 Å². The van der Waals surface area contributed by atoms with Gasteiger partial charge in [-0.15, -0.1) is 0 Å². The van der Waals surface area contributed by atoms with Crippen LogP contribution in [0.25, 0.3) is 0 Å². The molecular formula is C21H20N4O4. The molecule has 2 aromatic carbocycles. The van der Waals surface area contributed by atoms with E-state index in [1.807, 2.05) is 18.2 Å². The van der Waals surface area contributed by atoms with Crippen LogP contribution in [0.2, 0.25) is 0 Å². The number of methoxy groups -OCH3 is 2. The zero-order chi connectivity index (χ0) is 20.8. The number of aromatic nitrogens is 2. The van der Waals surface area contributed by atoms with E-state index in [0.29, 0.717) is 22.8 Å². The Morgan fingerprint density at radius 2 is 1.62 bits per heavy atom. The lowest BCUT2D eigenvalue weighted by Gasteiger charge is -2.12. The number of carbonyl (C=O) groups is 2. The molecule has 0 atom stereocenters. The van der Waals surface area contributed by atoms with Gasteiger partial charge in [0.2, 0.25) is 5.95 Å². The van der Waals surface area contributed by atoms with Crippen LogP contribution in [0.3, 0.4) is 0 Å². The minimum atomic E-state index is -0.543. The predicted molar refractivity (Wildman–Crippen MR) is 109 cm³/mol. The lowest BCUT2D eigenvalue weighted by Crippen LogP contribution is -2.18. The fraction of sp³-hybridized carbons (Fsp3) is 0.143. The smallest absolute Gasteiger partial charge is 0.339 e. The zero-order valence-corrected chi connectivity index (χ0v) is 16.2. The molecule has 0 fully saturated rings. The summed E-state index contributed by atoms with van der Waals surface area (Å²) in [5.41, 5.74) is 2.00. The van der Waals surface area contributed by atoms with Crippen LogP contribution >= 0.6 is 0 Å². The van der Waals surface area contributed by atoms with Gasteiger partial charge in [0, 0.05) is 5.69 Å². The normalized spacial score (nSPS) is 10.2. The Balaban J connectivity index is 1.87. The third kappa shape index (κ3) is 4.67. The number of rotatable bonds is 6. The van der Waals surface area contributed by atoms with Gasteiger partial charge in [0.15, 0.2) is 0 Å².